The largest absolute Gasteiger partial charge is 0.331 e. The first-order chi connectivity index (χ1) is 25.3. The predicted molar refractivity (Wildman–Crippen MR) is 265 cm³/mol. The third-order valence-electron chi connectivity index (χ3n) is 9.28. The third kappa shape index (κ3) is 47.3. The Balaban J connectivity index is -0.000000867. The summed E-state index contributed by atoms with van der Waals surface area (Å²) in [5.41, 5.74) is 23.0. The maximum Gasteiger partial charge on any atom is 0.331 e. The van der Waals surface area contributed by atoms with Crippen molar-refractivity contribution < 1.29 is 27.2 Å². The molecule has 362 valence electrons. The first kappa shape index (κ1) is 74.2. The Hall–Kier alpha value is 1.80. The number of nitrogens with two attached hydrogens (primary N) is 4. The average molecular weight is 1000 g/mol. The molecule has 0 saturated carbocycles. The molecule has 0 aromatic carbocycles. The molecule has 0 spiro atoms. The van der Waals surface area contributed by atoms with E-state index < -0.39 is 15.2 Å². The second-order valence-corrected chi connectivity index (χ2v) is 18.6. The molecule has 0 aromatic rings. The molecule has 2 unspecified atom stereocenters. The van der Waals surface area contributed by atoms with E-state index in [0.29, 0.717) is 78.0 Å². The molecule has 58 heavy (non-hydrogen) atoms. The molecule has 8 N–H and O–H groups in total. The van der Waals surface area contributed by atoms with Gasteiger partial charge in [-0.25, -0.2) is 0 Å². The van der Waals surface area contributed by atoms with Crippen LogP contribution in [0, 0.1) is 0 Å². The second-order valence-electron chi connectivity index (χ2n) is 14.2. The van der Waals surface area contributed by atoms with Gasteiger partial charge in [0.1, 0.15) is 0 Å². The number of halogens is 6. The van der Waals surface area contributed by atoms with Crippen molar-refractivity contribution in [3.05, 3.63) is 0 Å². The maximum atomic E-state index is 13.8. The van der Waals surface area contributed by atoms with Crippen molar-refractivity contribution in [3.63, 3.8) is 0 Å². The van der Waals surface area contributed by atoms with Crippen LogP contribution in [0.4, 0.5) is 0 Å². The van der Waals surface area contributed by atoms with Crippen LogP contribution in [0.2, 0.25) is 0 Å². The molecular formula is C38H92Cl6N6O6P2. The van der Waals surface area contributed by atoms with Gasteiger partial charge < -0.3 is 50.8 Å². The lowest BCUT2D eigenvalue weighted by atomic mass is 10.1. The standard InChI is InChI=1S/C38H86N6O6P2.6ClH/c1-3-5-7-9-11-15-33-47-51(45,37-31-43(27-19-23-39)28-20-24-40)49-35-17-13-14-18-36-50-52(46,48-34-16-12-10-8-6-4-2)38-32-44(29-21-25-41)30-22-26-42;;;;;;/h3-42H2,1-2H3;6*1H. The zero-order valence-electron chi connectivity index (χ0n) is 36.5. The molecule has 0 rings (SSSR count). The second kappa shape index (κ2) is 54.9. The van der Waals surface area contributed by atoms with E-state index in [-0.39, 0.29) is 74.4 Å². The Morgan fingerprint density at radius 1 is 0.345 bits per heavy atom. The van der Waals surface area contributed by atoms with Crippen LogP contribution >= 0.6 is 89.6 Å². The van der Waals surface area contributed by atoms with Gasteiger partial charge in [-0.3, -0.25) is 9.13 Å². The smallest absolute Gasteiger partial charge is 0.330 e. The van der Waals surface area contributed by atoms with E-state index in [0.717, 1.165) is 103 Å². The summed E-state index contributed by atoms with van der Waals surface area (Å²) < 4.78 is 51.8. The molecule has 0 heterocycles. The lowest BCUT2D eigenvalue weighted by Gasteiger charge is -2.25. The highest BCUT2D eigenvalue weighted by molar-refractivity contribution is 7.54. The topological polar surface area (TPSA) is 182 Å². The molecule has 0 aliphatic carbocycles. The molecule has 0 fully saturated rings. The Morgan fingerprint density at radius 2 is 0.569 bits per heavy atom. The normalized spacial score (nSPS) is 12.9. The maximum absolute atomic E-state index is 13.8. The summed E-state index contributed by atoms with van der Waals surface area (Å²) in [6.45, 7) is 13.3. The Labute approximate surface area is 393 Å². The van der Waals surface area contributed by atoms with E-state index in [1.54, 1.807) is 0 Å². The summed E-state index contributed by atoms with van der Waals surface area (Å²) in [5.74, 6) is 0. The minimum atomic E-state index is -3.24. The zero-order chi connectivity index (χ0) is 38.4. The fourth-order valence-corrected chi connectivity index (χ4v) is 9.28. The molecule has 0 saturated heterocycles. The van der Waals surface area contributed by atoms with Crippen molar-refractivity contribution in [2.24, 2.45) is 22.9 Å². The van der Waals surface area contributed by atoms with Crippen LogP contribution < -0.4 is 22.9 Å². The third-order valence-corrected chi connectivity index (χ3v) is 13.1. The van der Waals surface area contributed by atoms with Crippen molar-refractivity contribution in [2.75, 3.05) is 104 Å². The van der Waals surface area contributed by atoms with Crippen LogP contribution in [-0.2, 0) is 27.2 Å². The van der Waals surface area contributed by atoms with Gasteiger partial charge in [-0.15, -0.1) is 74.4 Å². The Bertz CT molecular complexity index is 796. The van der Waals surface area contributed by atoms with Crippen molar-refractivity contribution >= 4 is 89.6 Å². The van der Waals surface area contributed by atoms with Gasteiger partial charge >= 0.3 is 15.2 Å². The quantitative estimate of drug-likeness (QED) is 0.0336. The van der Waals surface area contributed by atoms with Gasteiger partial charge in [-0.2, -0.15) is 0 Å². The Morgan fingerprint density at radius 3 is 0.793 bits per heavy atom. The van der Waals surface area contributed by atoms with Gasteiger partial charge in [0.05, 0.1) is 38.8 Å². The molecule has 0 amide bonds. The van der Waals surface area contributed by atoms with Crippen LogP contribution in [0.3, 0.4) is 0 Å². The fraction of sp³-hybridized carbons (Fsp3) is 1.00. The van der Waals surface area contributed by atoms with Gasteiger partial charge in [-0.1, -0.05) is 90.9 Å². The average Bonchev–Trinajstić information content (AvgIpc) is 3.14. The number of unbranched alkanes of at least 4 members (excludes halogenated alkanes) is 13. The Kier molecular flexibility index (Phi) is 70.2. The zero-order valence-corrected chi connectivity index (χ0v) is 43.1. The lowest BCUT2D eigenvalue weighted by molar-refractivity contribution is 0.185. The number of nitrogens with zero attached hydrogens (tertiary/aromatic N) is 2. The first-order valence-corrected chi connectivity index (χ1v) is 24.8. The van der Waals surface area contributed by atoms with E-state index in [1.165, 1.54) is 51.4 Å². The van der Waals surface area contributed by atoms with E-state index in [2.05, 4.69) is 23.6 Å². The predicted octanol–water partition coefficient (Wildman–Crippen LogP) is 10.3. The van der Waals surface area contributed by atoms with Crippen LogP contribution in [0.15, 0.2) is 0 Å². The highest BCUT2D eigenvalue weighted by Crippen LogP contribution is 2.49. The van der Waals surface area contributed by atoms with Crippen molar-refractivity contribution in [1.82, 2.24) is 9.80 Å². The van der Waals surface area contributed by atoms with E-state index in [1.807, 2.05) is 0 Å². The van der Waals surface area contributed by atoms with Crippen molar-refractivity contribution in [1.29, 1.82) is 0 Å². The minimum absolute atomic E-state index is 0. The van der Waals surface area contributed by atoms with E-state index in [4.69, 9.17) is 41.0 Å². The van der Waals surface area contributed by atoms with Gasteiger partial charge in [0.25, 0.3) is 0 Å². The summed E-state index contributed by atoms with van der Waals surface area (Å²) in [6, 6.07) is 0. The monoisotopic (exact) mass is 1000 g/mol. The summed E-state index contributed by atoms with van der Waals surface area (Å²) in [4.78, 5) is 4.55. The summed E-state index contributed by atoms with van der Waals surface area (Å²) >= 11 is 0. The fourth-order valence-electron chi connectivity index (χ4n) is 5.93. The van der Waals surface area contributed by atoms with Gasteiger partial charge in [0.2, 0.25) is 0 Å². The van der Waals surface area contributed by atoms with Crippen molar-refractivity contribution in [3.8, 4) is 0 Å². The molecule has 0 aliphatic heterocycles. The van der Waals surface area contributed by atoms with Crippen LogP contribution in [0.5, 0.6) is 0 Å². The number of hydrogen-bond acceptors (Lipinski definition) is 12. The minimum Gasteiger partial charge on any atom is -0.330 e. The summed E-state index contributed by atoms with van der Waals surface area (Å²) in [5, 5.41) is 0. The first-order valence-electron chi connectivity index (χ1n) is 21.3. The van der Waals surface area contributed by atoms with Crippen molar-refractivity contribution in [2.45, 2.75) is 142 Å². The summed E-state index contributed by atoms with van der Waals surface area (Å²) in [7, 11) is -6.47. The number of rotatable bonds is 43. The van der Waals surface area contributed by atoms with E-state index in [9.17, 15) is 9.13 Å². The van der Waals surface area contributed by atoms with Gasteiger partial charge in [-0.05, 0) is 104 Å². The molecule has 0 aliphatic rings. The highest BCUT2D eigenvalue weighted by atomic mass is 35.5. The highest BCUT2D eigenvalue weighted by Gasteiger charge is 2.27. The molecular weight excluding hydrogens is 911 g/mol. The molecule has 12 nitrogen and oxygen atoms in total. The SMILES string of the molecule is CCCCCCCCOP(=O)(CCN(CCCN)CCCN)OCCCCCCOP(=O)(CCN(CCCN)CCCN)OCCCCCCCC.Cl.Cl.Cl.Cl.Cl.Cl. The van der Waals surface area contributed by atoms with Gasteiger partial charge in [0, 0.05) is 13.1 Å². The number of hydrogen-bond donors (Lipinski definition) is 4. The van der Waals surface area contributed by atoms with Crippen LogP contribution in [0.1, 0.15) is 142 Å². The van der Waals surface area contributed by atoms with E-state index >= 15 is 0 Å². The summed E-state index contributed by atoms with van der Waals surface area (Å²) in [6.07, 6.45) is 21.4. The molecule has 20 heteroatoms. The molecule has 2 atom stereocenters. The molecule has 0 bridgehead atoms. The van der Waals surface area contributed by atoms with Crippen LogP contribution in [-0.4, -0.2) is 114 Å². The molecule has 0 aromatic heterocycles. The molecule has 0 radical (unpaired) electrons. The van der Waals surface area contributed by atoms with Gasteiger partial charge in [0.15, 0.2) is 0 Å². The van der Waals surface area contributed by atoms with Crippen LogP contribution in [0.25, 0.3) is 0 Å². The lowest BCUT2D eigenvalue weighted by Crippen LogP contribution is -2.31.